The summed E-state index contributed by atoms with van der Waals surface area (Å²) in [6.45, 7) is 9.81. The van der Waals surface area contributed by atoms with Crippen LogP contribution in [0.1, 0.15) is 70.4 Å². The van der Waals surface area contributed by atoms with E-state index in [0.29, 0.717) is 34.6 Å². The zero-order valence-corrected chi connectivity index (χ0v) is 22.9. The molecule has 0 spiro atoms. The number of nitrogens with zero attached hydrogens (tertiary/aromatic N) is 8. The van der Waals surface area contributed by atoms with Crippen LogP contribution in [0.15, 0.2) is 36.7 Å². The number of aromatic nitrogens is 7. The summed E-state index contributed by atoms with van der Waals surface area (Å²) in [6, 6.07) is 6.43. The Kier molecular flexibility index (Phi) is 6.78. The Morgan fingerprint density at radius 3 is 2.31 bits per heavy atom. The number of fused-ring (bicyclic) bond motifs is 1. The molecule has 1 aliphatic rings. The van der Waals surface area contributed by atoms with E-state index in [-0.39, 0.29) is 30.2 Å². The average molecular weight is 561 g/mol. The predicted octanol–water partition coefficient (Wildman–Crippen LogP) is 6.34. The Morgan fingerprint density at radius 1 is 1.00 bits per heavy atom. The maximum atomic E-state index is 13.3. The van der Waals surface area contributed by atoms with Gasteiger partial charge < -0.3 is 4.57 Å². The highest BCUT2D eigenvalue weighted by Gasteiger charge is 2.36. The molecule has 13 heteroatoms. The van der Waals surface area contributed by atoms with Gasteiger partial charge in [-0.2, -0.15) is 23.3 Å². The fourth-order valence-electron chi connectivity index (χ4n) is 4.72. The minimum atomic E-state index is -4.54. The van der Waals surface area contributed by atoms with Gasteiger partial charge in [0.15, 0.2) is 5.69 Å². The first-order chi connectivity index (χ1) is 18.4. The lowest BCUT2D eigenvalue weighted by atomic mass is 10.0. The second-order valence-corrected chi connectivity index (χ2v) is 10.5. The predicted molar refractivity (Wildman–Crippen MR) is 140 cm³/mol. The lowest BCUT2D eigenvalue weighted by Crippen LogP contribution is -2.39. The molecule has 0 saturated carbocycles. The van der Waals surface area contributed by atoms with Crippen LogP contribution >= 0.6 is 11.6 Å². The van der Waals surface area contributed by atoms with E-state index in [1.165, 1.54) is 4.57 Å². The van der Waals surface area contributed by atoms with E-state index in [9.17, 15) is 18.0 Å². The third-order valence-electron chi connectivity index (χ3n) is 6.74. The van der Waals surface area contributed by atoms with Crippen LogP contribution in [-0.4, -0.2) is 40.0 Å². The van der Waals surface area contributed by atoms with Gasteiger partial charge in [0.2, 0.25) is 17.7 Å². The Balaban J connectivity index is 1.48. The summed E-state index contributed by atoms with van der Waals surface area (Å²) in [5.41, 5.74) is 0.977. The number of hydrogen-bond donors (Lipinski definition) is 0. The maximum Gasteiger partial charge on any atom is 0.434 e. The van der Waals surface area contributed by atoms with Gasteiger partial charge in [-0.25, -0.2) is 9.67 Å². The highest BCUT2D eigenvalue weighted by atomic mass is 35.5. The van der Waals surface area contributed by atoms with Crippen molar-refractivity contribution in [2.75, 3.05) is 4.90 Å². The van der Waals surface area contributed by atoms with Crippen molar-refractivity contribution < 1.29 is 18.0 Å². The second kappa shape index (κ2) is 9.82. The van der Waals surface area contributed by atoms with Crippen LogP contribution in [0.5, 0.6) is 0 Å². The van der Waals surface area contributed by atoms with E-state index in [2.05, 4.69) is 20.2 Å². The SMILES string of the molecule is CC(c1ccc(-c2nc(C(F)(F)F)cn2C(C)C)cc1)N1C(=O)CCn2nc(-c3c(Cl)cnn3C(C)C)nc21. The van der Waals surface area contributed by atoms with Crippen LogP contribution < -0.4 is 4.90 Å². The number of hydrogen-bond acceptors (Lipinski definition) is 5. The van der Waals surface area contributed by atoms with Crippen LogP contribution in [0.2, 0.25) is 5.02 Å². The molecule has 206 valence electrons. The van der Waals surface area contributed by atoms with E-state index in [0.717, 1.165) is 11.8 Å². The van der Waals surface area contributed by atoms with Crippen LogP contribution in [0.25, 0.3) is 22.9 Å². The van der Waals surface area contributed by atoms with Gasteiger partial charge in [-0.15, -0.1) is 5.10 Å². The molecule has 1 amide bonds. The number of benzene rings is 1. The topological polar surface area (TPSA) is 86.7 Å². The van der Waals surface area contributed by atoms with E-state index in [4.69, 9.17) is 11.6 Å². The number of rotatable bonds is 6. The van der Waals surface area contributed by atoms with Crippen LogP contribution in [-0.2, 0) is 17.5 Å². The largest absolute Gasteiger partial charge is 0.434 e. The summed E-state index contributed by atoms with van der Waals surface area (Å²) in [5.74, 6) is 0.903. The standard InChI is InChI=1S/C26H28ClF3N8O/c1-14(2)35-13-20(26(28,29)30)32-24(35)18-8-6-17(7-9-18)16(5)37-21(39)10-11-36-25(37)33-23(34-36)22-19(27)12-31-38(22)15(3)4/h6-9,12-16H,10-11H2,1-5H3. The molecule has 1 aliphatic heterocycles. The van der Waals surface area contributed by atoms with E-state index < -0.39 is 17.9 Å². The van der Waals surface area contributed by atoms with Crippen molar-refractivity contribution >= 4 is 23.5 Å². The molecule has 4 heterocycles. The highest BCUT2D eigenvalue weighted by molar-refractivity contribution is 6.32. The van der Waals surface area contributed by atoms with Gasteiger partial charge in [0.05, 0.1) is 23.8 Å². The molecule has 1 atom stereocenters. The van der Waals surface area contributed by atoms with E-state index in [1.807, 2.05) is 20.8 Å². The van der Waals surface area contributed by atoms with Crippen molar-refractivity contribution in [1.29, 1.82) is 0 Å². The third-order valence-corrected chi connectivity index (χ3v) is 7.02. The van der Waals surface area contributed by atoms with E-state index in [1.54, 1.807) is 58.6 Å². The first kappa shape index (κ1) is 26.9. The molecular formula is C26H28ClF3N8O. The number of anilines is 1. The monoisotopic (exact) mass is 560 g/mol. The number of amides is 1. The number of carbonyl (C=O) groups excluding carboxylic acids is 1. The minimum Gasteiger partial charge on any atom is -0.328 e. The lowest BCUT2D eigenvalue weighted by molar-refractivity contribution is -0.140. The molecule has 39 heavy (non-hydrogen) atoms. The summed E-state index contributed by atoms with van der Waals surface area (Å²) < 4.78 is 44.9. The summed E-state index contributed by atoms with van der Waals surface area (Å²) in [5, 5.41) is 9.37. The van der Waals surface area contributed by atoms with Gasteiger partial charge in [-0.1, -0.05) is 35.9 Å². The van der Waals surface area contributed by atoms with Crippen molar-refractivity contribution in [3.05, 3.63) is 52.9 Å². The molecular weight excluding hydrogens is 533 g/mol. The molecule has 5 rings (SSSR count). The van der Waals surface area contributed by atoms with E-state index >= 15 is 0 Å². The fraction of sp³-hybridized carbons (Fsp3) is 0.423. The molecule has 0 N–H and O–H groups in total. The number of aryl methyl sites for hydroxylation is 1. The number of alkyl halides is 3. The number of imidazole rings is 1. The van der Waals surface area contributed by atoms with Gasteiger partial charge in [0.25, 0.3) is 0 Å². The third kappa shape index (κ3) is 4.81. The molecule has 4 aromatic rings. The molecule has 0 bridgehead atoms. The van der Waals surface area contributed by atoms with Crippen LogP contribution in [0, 0.1) is 0 Å². The van der Waals surface area contributed by atoms with Crippen molar-refractivity contribution in [3.8, 4) is 22.9 Å². The Labute approximate surface area is 228 Å². The Hall–Kier alpha value is -3.67. The summed E-state index contributed by atoms with van der Waals surface area (Å²) in [6.07, 6.45) is -1.71. The highest BCUT2D eigenvalue weighted by Crippen LogP contribution is 2.36. The number of halogens is 4. The Bertz CT molecular complexity index is 1520. The summed E-state index contributed by atoms with van der Waals surface area (Å²) in [4.78, 5) is 23.2. The second-order valence-electron chi connectivity index (χ2n) is 10.1. The first-order valence-electron chi connectivity index (χ1n) is 12.6. The molecule has 9 nitrogen and oxygen atoms in total. The summed E-state index contributed by atoms with van der Waals surface area (Å²) in [7, 11) is 0. The van der Waals surface area contributed by atoms with Gasteiger partial charge in [-0.05, 0) is 40.2 Å². The van der Waals surface area contributed by atoms with Gasteiger partial charge in [0.1, 0.15) is 11.5 Å². The maximum absolute atomic E-state index is 13.3. The van der Waals surface area contributed by atoms with Crippen LogP contribution in [0.4, 0.5) is 19.1 Å². The molecule has 0 saturated heterocycles. The zero-order valence-electron chi connectivity index (χ0n) is 22.1. The molecule has 0 radical (unpaired) electrons. The minimum absolute atomic E-state index is 0.0294. The smallest absolute Gasteiger partial charge is 0.328 e. The van der Waals surface area contributed by atoms with Crippen molar-refractivity contribution in [2.24, 2.45) is 0 Å². The molecule has 0 fully saturated rings. The fourth-order valence-corrected chi connectivity index (χ4v) is 4.94. The van der Waals surface area contributed by atoms with Gasteiger partial charge >= 0.3 is 6.18 Å². The molecule has 1 aromatic carbocycles. The molecule has 0 aliphatic carbocycles. The Morgan fingerprint density at radius 2 is 1.69 bits per heavy atom. The van der Waals surface area contributed by atoms with Crippen molar-refractivity contribution in [3.63, 3.8) is 0 Å². The quantitative estimate of drug-likeness (QED) is 0.275. The normalized spacial score (nSPS) is 14.9. The molecule has 3 aromatic heterocycles. The molecule has 1 unspecified atom stereocenters. The summed E-state index contributed by atoms with van der Waals surface area (Å²) >= 11 is 6.41. The van der Waals surface area contributed by atoms with Gasteiger partial charge in [0, 0.05) is 30.3 Å². The van der Waals surface area contributed by atoms with Crippen LogP contribution in [0.3, 0.4) is 0 Å². The van der Waals surface area contributed by atoms with Crippen molar-refractivity contribution in [2.45, 2.75) is 71.9 Å². The number of carbonyl (C=O) groups is 1. The first-order valence-corrected chi connectivity index (χ1v) is 13.0. The lowest BCUT2D eigenvalue weighted by Gasteiger charge is -2.31. The average Bonchev–Trinajstić information content (AvgIpc) is 3.59. The van der Waals surface area contributed by atoms with Gasteiger partial charge in [-0.3, -0.25) is 14.4 Å². The zero-order chi connectivity index (χ0) is 28.2. The van der Waals surface area contributed by atoms with Crippen molar-refractivity contribution in [1.82, 2.24) is 34.1 Å².